The van der Waals surface area contributed by atoms with Crippen molar-refractivity contribution < 1.29 is 129 Å². The zero-order valence-electron chi connectivity index (χ0n) is 56.6. The third-order valence-corrected chi connectivity index (χ3v) is 20.5. The van der Waals surface area contributed by atoms with Gasteiger partial charge in [0.2, 0.25) is 0 Å². The molecule has 0 aliphatic carbocycles. The third kappa shape index (κ3) is 20.6. The number of nitrogens with zero attached hydrogens (tertiary/aromatic N) is 12. The van der Waals surface area contributed by atoms with Crippen molar-refractivity contribution in [1.82, 2.24) is 48.8 Å². The first kappa shape index (κ1) is 88.3. The quantitative estimate of drug-likeness (QED) is 0.0341. The number of nitriles is 4. The molecular weight excluding hydrogens is 1820 g/mol. The Morgan fingerprint density at radius 3 is 0.759 bits per heavy atom. The summed E-state index contributed by atoms with van der Waals surface area (Å²) >= 11 is 12.3. The molecule has 1 saturated heterocycles. The second kappa shape index (κ2) is 38.8. The van der Waals surface area contributed by atoms with Crippen molar-refractivity contribution in [3.05, 3.63) is 211 Å². The van der Waals surface area contributed by atoms with Crippen LogP contribution in [0.1, 0.15) is 25.1 Å². The number of carboxylic acids is 4. The number of imidazole rings is 4. The Morgan fingerprint density at radius 1 is 0.389 bits per heavy atom. The number of hydrogen-bond donors (Lipinski definition) is 5. The Bertz CT molecular complexity index is 4920. The van der Waals surface area contributed by atoms with E-state index in [1.807, 2.05) is 0 Å². The molecule has 12 aromatic rings. The van der Waals surface area contributed by atoms with Crippen LogP contribution in [0.5, 0.6) is 0 Å². The van der Waals surface area contributed by atoms with Crippen LogP contribution in [0.15, 0.2) is 209 Å². The number of hydrogen-bond acceptors (Lipinski definition) is 19. The molecule has 0 bridgehead atoms. The van der Waals surface area contributed by atoms with E-state index in [4.69, 9.17) is 15.3 Å². The second-order valence-corrected chi connectivity index (χ2v) is 28.7. The van der Waals surface area contributed by atoms with E-state index in [1.165, 1.54) is 43.1 Å². The largest absolute Gasteiger partial charge is 2.00 e. The average molecular weight is 1860 g/mol. The summed E-state index contributed by atoms with van der Waals surface area (Å²) in [6.07, 6.45) is 5.23. The first-order valence-corrected chi connectivity index (χ1v) is 36.1. The van der Waals surface area contributed by atoms with Gasteiger partial charge in [0.15, 0.2) is 20.6 Å². The summed E-state index contributed by atoms with van der Waals surface area (Å²) in [4.78, 5) is 58.3. The molecule has 0 saturated carbocycles. The topological polar surface area (TPSA) is 343 Å². The van der Waals surface area contributed by atoms with Crippen molar-refractivity contribution in [2.24, 2.45) is 0 Å². The average Bonchev–Trinajstić information content (AvgIpc) is 1.59. The number of aromatic nitrogens is 8. The fraction of sp³-hybridized carbons (Fsp3) is 0.118. The summed E-state index contributed by atoms with van der Waals surface area (Å²) in [6, 6.07) is 49.1. The number of halogens is 12. The van der Waals surface area contributed by atoms with Gasteiger partial charge in [0.25, 0.3) is 0 Å². The number of fused-ring (bicyclic) bond motifs is 4. The molecule has 5 N–H and O–H groups in total. The van der Waals surface area contributed by atoms with E-state index in [9.17, 15) is 80.5 Å². The van der Waals surface area contributed by atoms with Crippen LogP contribution in [-0.2, 0) is 19.2 Å². The SMILES string of the molecule is C1CNCCN1.N#Cc1ccc(-n2c(Br)cnc2SC(F)(F)C(=O)O)c2ccccc12.N#Cc1ccc(-n2c(Br)cnc2SC(F)(F)C(=O)O)c2ccccc12.N#Cc1ccc(-n2c(Br)cnc2SC(F)(F)C(=O)O)c2ccccc12.N#Cc1ccc(-n2c(Br)cnc2SC(F)(F)C(=O)[O-])c2ccccc12.[Ca+2].[H-].[H-].[K+]. The Balaban J connectivity index is 0.000000252. The van der Waals surface area contributed by atoms with Crippen molar-refractivity contribution >= 4 is 215 Å². The molecule has 108 heavy (non-hydrogen) atoms. The maximum atomic E-state index is 13.6. The van der Waals surface area contributed by atoms with E-state index in [0.29, 0.717) is 107 Å². The summed E-state index contributed by atoms with van der Waals surface area (Å²) in [6.45, 7) is 4.56. The third-order valence-electron chi connectivity index (χ3n) is 14.6. The molecular formula is C68H43Br4CaF8KN14O8S4. The second-order valence-electron chi connectivity index (χ2n) is 21.1. The van der Waals surface area contributed by atoms with Crippen LogP contribution in [-0.4, -0.2) is 162 Å². The first-order chi connectivity index (χ1) is 50.4. The van der Waals surface area contributed by atoms with Crippen molar-refractivity contribution in [2.75, 3.05) is 26.2 Å². The summed E-state index contributed by atoms with van der Waals surface area (Å²) in [5.74, 6) is -9.22. The molecule has 0 atom stereocenters. The van der Waals surface area contributed by atoms with E-state index in [2.05, 4.69) is 119 Å². The number of nitrogens with one attached hydrogen (secondary N) is 2. The normalized spacial score (nSPS) is 11.9. The fourth-order valence-electron chi connectivity index (χ4n) is 9.96. The molecule has 1 aliphatic rings. The Hall–Kier alpha value is -6.94. The number of piperazine rings is 1. The van der Waals surface area contributed by atoms with Crippen LogP contribution in [0.3, 0.4) is 0 Å². The van der Waals surface area contributed by atoms with E-state index in [-0.39, 0.29) is 160 Å². The number of thioether (sulfide) groups is 4. The predicted octanol–water partition coefficient (Wildman–Crippen LogP) is 12.4. The van der Waals surface area contributed by atoms with Crippen molar-refractivity contribution in [2.45, 2.75) is 41.6 Å². The van der Waals surface area contributed by atoms with Gasteiger partial charge in [-0.2, -0.15) is 56.2 Å². The fourth-order valence-corrected chi connectivity index (χ4v) is 15.1. The van der Waals surface area contributed by atoms with Gasteiger partial charge >= 0.3 is 128 Å². The van der Waals surface area contributed by atoms with Gasteiger partial charge in [0.1, 0.15) is 24.4 Å². The molecule has 5 heterocycles. The summed E-state index contributed by atoms with van der Waals surface area (Å²) in [5, 5.41) is 68.2. The van der Waals surface area contributed by atoms with Gasteiger partial charge < -0.3 is 38.7 Å². The minimum absolute atomic E-state index is 0. The van der Waals surface area contributed by atoms with Gasteiger partial charge in [-0.3, -0.25) is 18.3 Å². The zero-order valence-corrected chi connectivity index (χ0v) is 69.6. The van der Waals surface area contributed by atoms with E-state index in [1.54, 1.807) is 146 Å². The van der Waals surface area contributed by atoms with Crippen LogP contribution in [0, 0.1) is 45.3 Å². The Labute approximate surface area is 731 Å². The molecule has 22 nitrogen and oxygen atoms in total. The standard InChI is InChI=1S/4C16H8BrF2N3O2S.C4H10N2.Ca.K.2H/c4*17-13-8-21-15(25-16(18,19)14(23)24)22(13)12-6-5-9(7-20)10-3-1-2-4-11(10)12;1-2-6-4-3-5-1;;;;/h4*1-6,8H,(H,23,24);5-6H,1-4H2;;;;/q;;;;;+2;+1;2*-1/p-1. The molecule has 1 aliphatic heterocycles. The van der Waals surface area contributed by atoms with Gasteiger partial charge in [0, 0.05) is 69.3 Å². The number of rotatable bonds is 16. The van der Waals surface area contributed by atoms with E-state index in [0.717, 1.165) is 26.2 Å². The summed E-state index contributed by atoms with van der Waals surface area (Å²) in [7, 11) is 0. The number of alkyl halides is 8. The predicted molar refractivity (Wildman–Crippen MR) is 399 cm³/mol. The van der Waals surface area contributed by atoms with E-state index >= 15 is 0 Å². The molecule has 0 radical (unpaired) electrons. The van der Waals surface area contributed by atoms with Crippen LogP contribution < -0.4 is 67.1 Å². The van der Waals surface area contributed by atoms with Crippen molar-refractivity contribution in [3.8, 4) is 47.0 Å². The number of carboxylic acid groups (broad SMARTS) is 4. The van der Waals surface area contributed by atoms with Gasteiger partial charge in [-0.1, -0.05) is 97.1 Å². The molecule has 40 heteroatoms. The zero-order chi connectivity index (χ0) is 77.0. The maximum absolute atomic E-state index is 13.6. The van der Waals surface area contributed by atoms with Crippen LogP contribution in [0.25, 0.3) is 65.8 Å². The smallest absolute Gasteiger partial charge is 1.00 e. The van der Waals surface area contributed by atoms with Gasteiger partial charge in [-0.15, -0.1) is 0 Å². The summed E-state index contributed by atoms with van der Waals surface area (Å²) in [5.41, 5.74) is 3.76. The van der Waals surface area contributed by atoms with Crippen LogP contribution in [0.4, 0.5) is 35.1 Å². The molecule has 0 spiro atoms. The van der Waals surface area contributed by atoms with Gasteiger partial charge in [0.05, 0.1) is 94.1 Å². The van der Waals surface area contributed by atoms with E-state index < -0.39 is 44.9 Å². The molecule has 13 rings (SSSR count). The molecule has 0 unspecified atom stereocenters. The molecule has 0 amide bonds. The summed E-state index contributed by atoms with van der Waals surface area (Å²) < 4.78 is 116. The number of aliphatic carboxylic acids is 4. The molecule has 1 fully saturated rings. The maximum Gasteiger partial charge on any atom is 2.00 e. The minimum Gasteiger partial charge on any atom is -1.00 e. The van der Waals surface area contributed by atoms with Crippen LogP contribution >= 0.6 is 111 Å². The first-order valence-electron chi connectivity index (χ1n) is 29.6. The molecule has 544 valence electrons. The minimum atomic E-state index is -4.13. The molecule has 8 aromatic carbocycles. The number of carbonyl (C=O) groups is 4. The van der Waals surface area contributed by atoms with Gasteiger partial charge in [-0.25, -0.2) is 34.3 Å². The molecule has 4 aromatic heterocycles. The van der Waals surface area contributed by atoms with Crippen molar-refractivity contribution in [1.29, 1.82) is 21.0 Å². The monoisotopic (exact) mass is 1860 g/mol. The van der Waals surface area contributed by atoms with Crippen molar-refractivity contribution in [3.63, 3.8) is 0 Å². The number of carbonyl (C=O) groups excluding carboxylic acids is 1. The van der Waals surface area contributed by atoms with Crippen LogP contribution in [0.2, 0.25) is 0 Å². The number of benzene rings is 8. The Morgan fingerprint density at radius 2 is 0.583 bits per heavy atom. The van der Waals surface area contributed by atoms with Gasteiger partial charge in [-0.05, 0) is 159 Å². The Kier molecular flexibility index (Phi) is 31.7.